The minimum atomic E-state index is -1.32. The normalized spacial score (nSPS) is 23.3. The van der Waals surface area contributed by atoms with Gasteiger partial charge in [0.2, 0.25) is 11.8 Å². The van der Waals surface area contributed by atoms with E-state index in [-0.39, 0.29) is 55.3 Å². The van der Waals surface area contributed by atoms with E-state index in [0.717, 1.165) is 40.7 Å². The Kier molecular flexibility index (Phi) is 12.8. The second-order valence-electron chi connectivity index (χ2n) is 19.8. The minimum absolute atomic E-state index is 0.0433. The minimum Gasteiger partial charge on any atom is -0.465 e. The van der Waals surface area contributed by atoms with Gasteiger partial charge >= 0.3 is 12.2 Å². The van der Waals surface area contributed by atoms with E-state index in [4.69, 9.17) is 14.7 Å². The third-order valence-corrected chi connectivity index (χ3v) is 13.5. The summed E-state index contributed by atoms with van der Waals surface area (Å²) >= 11 is 0. The number of carbonyl (C=O) groups is 4. The van der Waals surface area contributed by atoms with Crippen molar-refractivity contribution in [2.45, 2.75) is 128 Å². The molecule has 3 aliphatic rings. The van der Waals surface area contributed by atoms with Gasteiger partial charge in [-0.15, -0.1) is 0 Å². The largest absolute Gasteiger partial charge is 0.465 e. The van der Waals surface area contributed by atoms with Crippen molar-refractivity contribution >= 4 is 51.8 Å². The first-order chi connectivity index (χ1) is 31.3. The van der Waals surface area contributed by atoms with E-state index in [2.05, 4.69) is 94.8 Å². The maximum absolute atomic E-state index is 15.2. The maximum atomic E-state index is 15.2. The molecule has 0 spiro atoms. The number of H-pyrrole nitrogens is 2. The molecule has 0 radical (unpaired) electrons. The number of fused-ring (bicyclic) bond motifs is 2. The molecular weight excluding hydrogens is 849 g/mol. The fourth-order valence-corrected chi connectivity index (χ4v) is 10.1. The van der Waals surface area contributed by atoms with Crippen molar-refractivity contribution in [2.24, 2.45) is 11.8 Å². The molecule has 15 nitrogen and oxygen atoms in total. The highest BCUT2D eigenvalue weighted by Gasteiger charge is 2.44. The van der Waals surface area contributed by atoms with Gasteiger partial charge in [0, 0.05) is 18.5 Å². The van der Waals surface area contributed by atoms with Crippen LogP contribution in [-0.2, 0) is 19.7 Å². The molecule has 17 heteroatoms. The van der Waals surface area contributed by atoms with Gasteiger partial charge in [0.1, 0.15) is 36.1 Å². The van der Waals surface area contributed by atoms with Crippen molar-refractivity contribution < 1.29 is 37.8 Å². The van der Waals surface area contributed by atoms with Gasteiger partial charge in [-0.25, -0.2) is 28.3 Å². The number of ether oxygens (including phenoxy) is 1. The van der Waals surface area contributed by atoms with Crippen molar-refractivity contribution in [3.8, 4) is 0 Å². The molecule has 5 N–H and O–H groups in total. The summed E-state index contributed by atoms with van der Waals surface area (Å²) in [6.45, 7) is 13.4. The fraction of sp³-hybridized carbons (Fsp3) is 0.510. The van der Waals surface area contributed by atoms with Crippen LogP contribution in [0.1, 0.15) is 127 Å². The quantitative estimate of drug-likeness (QED) is 0.0864. The molecule has 2 aromatic heterocycles. The van der Waals surface area contributed by atoms with E-state index in [1.165, 1.54) is 22.5 Å². The topological polar surface area (TPSA) is 189 Å². The van der Waals surface area contributed by atoms with Crippen LogP contribution in [0.15, 0.2) is 60.7 Å². The number of amides is 4. The highest BCUT2D eigenvalue weighted by molar-refractivity contribution is 5.87. The lowest BCUT2D eigenvalue weighted by atomic mass is 9.87. The summed E-state index contributed by atoms with van der Waals surface area (Å²) in [4.78, 5) is 73.1. The number of benzene rings is 3. The first-order valence-corrected chi connectivity index (χ1v) is 22.9. The molecule has 0 bridgehead atoms. The van der Waals surface area contributed by atoms with Gasteiger partial charge < -0.3 is 45.1 Å². The third kappa shape index (κ3) is 9.12. The van der Waals surface area contributed by atoms with Crippen LogP contribution in [0, 0.1) is 11.8 Å². The number of rotatable bonds is 11. The lowest BCUT2D eigenvalue weighted by Crippen LogP contribution is -2.51. The summed E-state index contributed by atoms with van der Waals surface area (Å²) in [6, 6.07) is 17.5. The summed E-state index contributed by atoms with van der Waals surface area (Å²) in [5.41, 5.74) is 7.17. The number of imidazole rings is 2. The third-order valence-electron chi connectivity index (χ3n) is 13.5. The lowest BCUT2D eigenvalue weighted by Gasteiger charge is -2.34. The molecule has 3 aliphatic heterocycles. The molecule has 3 saturated heterocycles. The van der Waals surface area contributed by atoms with Gasteiger partial charge in [0.05, 0.1) is 66.4 Å². The van der Waals surface area contributed by atoms with Gasteiger partial charge in [-0.05, 0) is 83.2 Å². The van der Waals surface area contributed by atoms with Crippen LogP contribution in [0.2, 0.25) is 0 Å². The Bertz CT molecular complexity index is 2610. The van der Waals surface area contributed by atoms with Gasteiger partial charge in [0.15, 0.2) is 0 Å². The summed E-state index contributed by atoms with van der Waals surface area (Å²) in [5.74, 6) is -0.570. The Morgan fingerprint density at radius 2 is 1.17 bits per heavy atom. The Labute approximate surface area is 383 Å². The molecule has 5 heterocycles. The molecule has 3 fully saturated rings. The van der Waals surface area contributed by atoms with E-state index in [0.29, 0.717) is 22.7 Å². The number of likely N-dealkylation sites (tertiary alicyclic amines) is 2. The van der Waals surface area contributed by atoms with Crippen LogP contribution in [0.3, 0.4) is 0 Å². The predicted molar refractivity (Wildman–Crippen MR) is 246 cm³/mol. The lowest BCUT2D eigenvalue weighted by molar-refractivity contribution is -0.136. The number of nitrogens with one attached hydrogen (secondary N) is 4. The van der Waals surface area contributed by atoms with Crippen LogP contribution in [0.25, 0.3) is 22.1 Å². The zero-order valence-electron chi connectivity index (χ0n) is 38.8. The fourth-order valence-electron chi connectivity index (χ4n) is 10.1. The van der Waals surface area contributed by atoms with E-state index in [1.54, 1.807) is 13.8 Å². The average molecular weight is 910 g/mol. The first-order valence-electron chi connectivity index (χ1n) is 22.9. The van der Waals surface area contributed by atoms with Crippen LogP contribution >= 0.6 is 0 Å². The number of alkyl carbamates (subject to hydrolysis) is 1. The van der Waals surface area contributed by atoms with Crippen LogP contribution in [0.4, 0.5) is 24.1 Å². The van der Waals surface area contributed by atoms with E-state index in [1.807, 2.05) is 26.0 Å². The number of carboxylic acid groups (broad SMARTS) is 1. The second-order valence-corrected chi connectivity index (χ2v) is 19.8. The van der Waals surface area contributed by atoms with Gasteiger partial charge in [-0.1, -0.05) is 72.7 Å². The molecule has 0 aliphatic carbocycles. The van der Waals surface area contributed by atoms with Crippen LogP contribution in [0.5, 0.6) is 0 Å². The van der Waals surface area contributed by atoms with Gasteiger partial charge in [0.25, 0.3) is 0 Å². The molecule has 8 rings (SSSR count). The summed E-state index contributed by atoms with van der Waals surface area (Å²) in [7, 11) is 1.23. The Morgan fingerprint density at radius 1 is 0.712 bits per heavy atom. The molecule has 5 aromatic rings. The second kappa shape index (κ2) is 18.2. The Morgan fingerprint density at radius 3 is 1.58 bits per heavy atom. The Balaban J connectivity index is 1.10. The number of nitrogens with zero attached hydrogens (tertiary/aromatic N) is 5. The molecule has 3 aromatic carbocycles. The smallest absolute Gasteiger partial charge is 0.407 e. The molecule has 352 valence electrons. The molecule has 4 amide bonds. The van der Waals surface area contributed by atoms with Crippen molar-refractivity contribution in [1.82, 2.24) is 40.4 Å². The number of aromatic amines is 2. The highest BCUT2D eigenvalue weighted by atomic mass is 19.1. The summed E-state index contributed by atoms with van der Waals surface area (Å²) in [5, 5.41) is 14.4. The number of methoxy groups -OCH3 is 1. The predicted octanol–water partition coefficient (Wildman–Crippen LogP) is 8.72. The van der Waals surface area contributed by atoms with Crippen LogP contribution < -0.4 is 15.5 Å². The average Bonchev–Trinajstić information content (AvgIpc) is 4.12. The molecule has 0 unspecified atom stereocenters. The number of anilines is 1. The van der Waals surface area contributed by atoms with Crippen molar-refractivity contribution in [3.05, 3.63) is 89.0 Å². The monoisotopic (exact) mass is 909 g/mol. The molecule has 8 atom stereocenters. The Hall–Kier alpha value is -6.26. The van der Waals surface area contributed by atoms with E-state index < -0.39 is 60.5 Å². The summed E-state index contributed by atoms with van der Waals surface area (Å²) < 4.78 is 35.0. The van der Waals surface area contributed by atoms with E-state index in [9.17, 15) is 24.3 Å². The van der Waals surface area contributed by atoms with Crippen molar-refractivity contribution in [1.29, 1.82) is 0 Å². The van der Waals surface area contributed by atoms with Gasteiger partial charge in [-0.3, -0.25) is 9.59 Å². The standard InChI is InChI=1S/C49H61F2N9O6/c1-25(2)41(56-47(63)64)45(61)58-23-30(50)21-39(58)43-52-33-15-9-27(19-35(33)54-43)37-17-18-38(60(37)32-13-11-29(12-14-32)49(5,6)7)28-10-16-34-36(20-28)55-44(53-34)40-22-31(51)24-59(40)46(62)42(26(3)4)57-48(65)66-8/h9-16,19-20,25-26,30-31,37-42,56H,17-18,21-24H2,1-8H3,(H,52,54)(H,53,55)(H,57,65)(H,63,64)/t30-,31-,37+,38+,39-,40-,41-,42-/m0/s1. The van der Waals surface area contributed by atoms with E-state index >= 15 is 8.78 Å². The SMILES string of the molecule is COC(=O)N[C@H](C(=O)N1C[C@@H](F)C[C@H]1c1nc2ccc([C@H]3CC[C@H](c4ccc5nc([C@@H]6C[C@H](F)CN6C(=O)[C@@H](NC(=O)O)C(C)C)[nH]c5c4)N3c3ccc(C(C)(C)C)cc3)cc2[nH]1)C(C)C. The van der Waals surface area contributed by atoms with Crippen molar-refractivity contribution in [3.63, 3.8) is 0 Å². The zero-order valence-corrected chi connectivity index (χ0v) is 38.8. The number of carbonyl (C=O) groups excluding carboxylic acids is 3. The molecule has 0 saturated carbocycles. The van der Waals surface area contributed by atoms with Crippen molar-refractivity contribution in [2.75, 3.05) is 25.1 Å². The highest BCUT2D eigenvalue weighted by Crippen LogP contribution is 2.48. The number of alkyl halides is 2. The summed E-state index contributed by atoms with van der Waals surface area (Å²) in [6.07, 6.45) is -2.84. The maximum Gasteiger partial charge on any atom is 0.407 e. The number of aromatic nitrogens is 4. The number of hydrogen-bond donors (Lipinski definition) is 5. The van der Waals surface area contributed by atoms with Gasteiger partial charge in [-0.2, -0.15) is 0 Å². The molecular formula is C49H61F2N9O6. The van der Waals surface area contributed by atoms with Crippen LogP contribution in [-0.4, -0.2) is 103 Å². The number of hydrogen-bond acceptors (Lipinski definition) is 8. The zero-order chi connectivity index (χ0) is 47.4. The number of halogens is 2. The first kappa shape index (κ1) is 46.3. The molecule has 66 heavy (non-hydrogen) atoms.